The predicted molar refractivity (Wildman–Crippen MR) is 86.1 cm³/mol. The van der Waals surface area contributed by atoms with E-state index in [1.165, 1.54) is 6.21 Å². The number of hydrogen-bond acceptors (Lipinski definition) is 6. The number of fused-ring (bicyclic) bond motifs is 1. The van der Waals surface area contributed by atoms with Crippen molar-refractivity contribution in [1.82, 2.24) is 0 Å². The lowest BCUT2D eigenvalue weighted by molar-refractivity contribution is -0.307. The van der Waals surface area contributed by atoms with Gasteiger partial charge in [0, 0.05) is 11.1 Å². The second-order valence-corrected chi connectivity index (χ2v) is 4.89. The molecule has 0 saturated heterocycles. The maximum atomic E-state index is 11.9. The van der Waals surface area contributed by atoms with E-state index in [4.69, 9.17) is 4.74 Å². The first-order chi connectivity index (χ1) is 11.6. The zero-order valence-corrected chi connectivity index (χ0v) is 12.4. The van der Waals surface area contributed by atoms with Crippen LogP contribution < -0.4 is 15.2 Å². The Balaban J connectivity index is 1.82. The number of carboxylic acids is 1. The van der Waals surface area contributed by atoms with E-state index in [0.29, 0.717) is 22.6 Å². The molecule has 3 rings (SSSR count). The van der Waals surface area contributed by atoms with Crippen LogP contribution in [-0.4, -0.2) is 30.4 Å². The highest BCUT2D eigenvalue weighted by Gasteiger charge is 2.25. The van der Waals surface area contributed by atoms with Gasteiger partial charge in [-0.3, -0.25) is 4.79 Å². The van der Waals surface area contributed by atoms with Crippen LogP contribution in [0.2, 0.25) is 0 Å². The molecule has 1 aliphatic rings. The van der Waals surface area contributed by atoms with Gasteiger partial charge < -0.3 is 20.0 Å². The van der Waals surface area contributed by atoms with Crippen LogP contribution >= 0.6 is 0 Å². The second kappa shape index (κ2) is 6.74. The van der Waals surface area contributed by atoms with Gasteiger partial charge in [-0.1, -0.05) is 30.3 Å². The largest absolute Gasteiger partial charge is 0.546 e. The fourth-order valence-corrected chi connectivity index (χ4v) is 2.21. The zero-order valence-electron chi connectivity index (χ0n) is 12.4. The van der Waals surface area contributed by atoms with E-state index in [0.717, 1.165) is 0 Å². The van der Waals surface area contributed by atoms with Gasteiger partial charge in [0.15, 0.2) is 5.71 Å². The normalized spacial score (nSPS) is 14.7. The van der Waals surface area contributed by atoms with Crippen LogP contribution in [0.3, 0.4) is 0 Å². The fraction of sp³-hybridized carbons (Fsp3) is 0.0588. The molecule has 0 aliphatic carbocycles. The molecule has 1 heterocycles. The molecule has 1 N–H and O–H groups in total. The molecule has 1 aliphatic heterocycles. The molecule has 0 aromatic heterocycles. The fourth-order valence-electron chi connectivity index (χ4n) is 2.21. The van der Waals surface area contributed by atoms with Gasteiger partial charge in [0.05, 0.1) is 17.9 Å². The summed E-state index contributed by atoms with van der Waals surface area (Å²) in [7, 11) is 0. The molecule has 0 saturated carbocycles. The first kappa shape index (κ1) is 15.4. The minimum absolute atomic E-state index is 0.218. The summed E-state index contributed by atoms with van der Waals surface area (Å²) in [6.45, 7) is -0.560. The Kier molecular flexibility index (Phi) is 4.33. The number of hydrogen-bond donors (Lipinski definition) is 1. The number of nitrogens with zero attached hydrogens (tertiary/aromatic N) is 2. The predicted octanol–water partition coefficient (Wildman–Crippen LogP) is 0.591. The highest BCUT2D eigenvalue weighted by molar-refractivity contribution is 6.53. The van der Waals surface area contributed by atoms with Crippen LogP contribution in [0.25, 0.3) is 0 Å². The Labute approximate surface area is 137 Å². The summed E-state index contributed by atoms with van der Waals surface area (Å²) in [5, 5.41) is 21.1. The number of carbonyl (C=O) groups is 2. The third-order valence-electron chi connectivity index (χ3n) is 3.26. The van der Waals surface area contributed by atoms with Crippen molar-refractivity contribution in [2.75, 3.05) is 11.9 Å². The summed E-state index contributed by atoms with van der Waals surface area (Å²) in [6.07, 6.45) is 1.39. The van der Waals surface area contributed by atoms with Gasteiger partial charge >= 0.3 is 0 Å². The van der Waals surface area contributed by atoms with Crippen molar-refractivity contribution in [3.8, 4) is 5.75 Å². The van der Waals surface area contributed by atoms with Crippen molar-refractivity contribution in [3.05, 3.63) is 59.7 Å². The topological polar surface area (TPSA) is 103 Å². The van der Waals surface area contributed by atoms with Gasteiger partial charge in [-0.25, -0.2) is 0 Å². The number of anilines is 1. The van der Waals surface area contributed by atoms with Gasteiger partial charge in [-0.15, -0.1) is 5.10 Å². The van der Waals surface area contributed by atoms with Gasteiger partial charge in [-0.2, -0.15) is 5.10 Å². The van der Waals surface area contributed by atoms with Gasteiger partial charge in [0.1, 0.15) is 12.4 Å². The lowest BCUT2D eigenvalue weighted by Gasteiger charge is -2.08. The van der Waals surface area contributed by atoms with Crippen molar-refractivity contribution < 1.29 is 19.4 Å². The Morgan fingerprint density at radius 3 is 2.75 bits per heavy atom. The number of para-hydroxylation sites is 2. The number of carbonyl (C=O) groups excluding carboxylic acids is 2. The number of aliphatic carboxylic acids is 1. The highest BCUT2D eigenvalue weighted by Crippen LogP contribution is 2.22. The van der Waals surface area contributed by atoms with Crippen molar-refractivity contribution >= 4 is 29.5 Å². The Hall–Kier alpha value is -3.48. The molecule has 0 spiro atoms. The van der Waals surface area contributed by atoms with E-state index in [2.05, 4.69) is 15.5 Å². The summed E-state index contributed by atoms with van der Waals surface area (Å²) in [5.41, 5.74) is 2.13. The molecule has 7 heteroatoms. The minimum atomic E-state index is -1.32. The SMILES string of the molecule is O=C([O-])COc1ccccc1/C=N\N=C1/C(=O)Nc2ccccc21. The molecule has 0 radical (unpaired) electrons. The second-order valence-electron chi connectivity index (χ2n) is 4.89. The lowest BCUT2D eigenvalue weighted by Crippen LogP contribution is -2.29. The van der Waals surface area contributed by atoms with Crippen molar-refractivity contribution in [2.45, 2.75) is 0 Å². The van der Waals surface area contributed by atoms with E-state index in [9.17, 15) is 14.7 Å². The summed E-state index contributed by atoms with van der Waals surface area (Å²) in [6, 6.07) is 13.9. The van der Waals surface area contributed by atoms with Crippen LogP contribution in [0.1, 0.15) is 11.1 Å². The van der Waals surface area contributed by atoms with Gasteiger partial charge in [0.25, 0.3) is 5.91 Å². The number of carboxylic acid groups (broad SMARTS) is 1. The Bertz CT molecular complexity index is 858. The molecule has 24 heavy (non-hydrogen) atoms. The summed E-state index contributed by atoms with van der Waals surface area (Å²) < 4.78 is 5.12. The average molecular weight is 322 g/mol. The molecule has 120 valence electrons. The number of nitrogens with one attached hydrogen (secondary N) is 1. The molecule has 0 unspecified atom stereocenters. The zero-order chi connectivity index (χ0) is 16.9. The third kappa shape index (κ3) is 3.30. The third-order valence-corrected chi connectivity index (χ3v) is 3.26. The maximum absolute atomic E-state index is 11.9. The van der Waals surface area contributed by atoms with Crippen molar-refractivity contribution in [1.29, 1.82) is 0 Å². The Morgan fingerprint density at radius 1 is 1.17 bits per heavy atom. The quantitative estimate of drug-likeness (QED) is 0.642. The molecule has 2 aromatic rings. The molecule has 0 atom stereocenters. The smallest absolute Gasteiger partial charge is 0.276 e. The average Bonchev–Trinajstić information content (AvgIpc) is 2.89. The standard InChI is InChI=1S/C17H13N3O4/c21-15(22)10-24-14-8-4-1-5-11(14)9-18-20-16-12-6-2-3-7-13(12)19-17(16)23/h1-9H,10H2,(H,21,22)(H,19,20,23)/p-1/b18-9-. The van der Waals surface area contributed by atoms with E-state index in [1.807, 2.05) is 6.07 Å². The van der Waals surface area contributed by atoms with Crippen LogP contribution in [-0.2, 0) is 9.59 Å². The van der Waals surface area contributed by atoms with E-state index < -0.39 is 12.6 Å². The molecular weight excluding hydrogens is 310 g/mol. The van der Waals surface area contributed by atoms with Crippen LogP contribution in [0.5, 0.6) is 5.75 Å². The molecule has 0 bridgehead atoms. The minimum Gasteiger partial charge on any atom is -0.546 e. The molecule has 1 amide bonds. The monoisotopic (exact) mass is 322 g/mol. The van der Waals surface area contributed by atoms with Crippen LogP contribution in [0.4, 0.5) is 5.69 Å². The first-order valence-corrected chi connectivity index (χ1v) is 7.08. The lowest BCUT2D eigenvalue weighted by atomic mass is 10.1. The summed E-state index contributed by atoms with van der Waals surface area (Å²) >= 11 is 0. The number of amides is 1. The van der Waals surface area contributed by atoms with Crippen molar-refractivity contribution in [3.63, 3.8) is 0 Å². The number of rotatable bonds is 5. The summed E-state index contributed by atoms with van der Waals surface area (Å²) in [4.78, 5) is 22.4. The highest BCUT2D eigenvalue weighted by atomic mass is 16.5. The summed E-state index contributed by atoms with van der Waals surface area (Å²) in [5.74, 6) is -1.31. The van der Waals surface area contributed by atoms with Crippen molar-refractivity contribution in [2.24, 2.45) is 10.2 Å². The van der Waals surface area contributed by atoms with Crippen LogP contribution in [0.15, 0.2) is 58.7 Å². The first-order valence-electron chi connectivity index (χ1n) is 7.08. The molecule has 2 aromatic carbocycles. The van der Waals surface area contributed by atoms with Gasteiger partial charge in [0.2, 0.25) is 0 Å². The van der Waals surface area contributed by atoms with E-state index in [-0.39, 0.29) is 11.6 Å². The van der Waals surface area contributed by atoms with Gasteiger partial charge in [-0.05, 0) is 18.2 Å². The van der Waals surface area contributed by atoms with Crippen LogP contribution in [0, 0.1) is 0 Å². The Morgan fingerprint density at radius 2 is 1.92 bits per heavy atom. The number of ether oxygens (including phenoxy) is 1. The maximum Gasteiger partial charge on any atom is 0.276 e. The molecule has 7 nitrogen and oxygen atoms in total. The molecule has 0 fully saturated rings. The van der Waals surface area contributed by atoms with E-state index in [1.54, 1.807) is 42.5 Å². The van der Waals surface area contributed by atoms with E-state index >= 15 is 0 Å². The molecular formula is C17H12N3O4-. The number of benzene rings is 2.